The number of halogens is 6. The molecule has 0 aromatic carbocycles. The van der Waals surface area contributed by atoms with Gasteiger partial charge in [0.05, 0.1) is 0 Å². The fourth-order valence-corrected chi connectivity index (χ4v) is 1.38. The minimum atomic E-state index is -4.82. The van der Waals surface area contributed by atoms with Crippen LogP contribution in [0.25, 0.3) is 0 Å². The summed E-state index contributed by atoms with van der Waals surface area (Å²) in [7, 11) is 0. The average molecular weight is 261 g/mol. The molecule has 0 saturated carbocycles. The molecular weight excluding hydrogens is 255 g/mol. The van der Waals surface area contributed by atoms with Crippen LogP contribution >= 0.6 is 11.6 Å². The van der Waals surface area contributed by atoms with Crippen LogP contribution in [-0.2, 0) is 12.7 Å². The topological polar surface area (TPSA) is 38.9 Å². The van der Waals surface area contributed by atoms with Crippen molar-refractivity contribution in [3.63, 3.8) is 0 Å². The van der Waals surface area contributed by atoms with Gasteiger partial charge in [0.25, 0.3) is 6.43 Å². The van der Waals surface area contributed by atoms with E-state index in [9.17, 15) is 22.0 Å². The number of aromatic nitrogens is 1. The highest BCUT2D eigenvalue weighted by atomic mass is 35.5. The fraction of sp³-hybridized carbons (Fsp3) is 0.375. The van der Waals surface area contributed by atoms with Gasteiger partial charge in [-0.1, -0.05) is 11.6 Å². The van der Waals surface area contributed by atoms with E-state index < -0.39 is 35.6 Å². The highest BCUT2D eigenvalue weighted by molar-refractivity contribution is 6.30. The van der Waals surface area contributed by atoms with Crippen molar-refractivity contribution in [3.8, 4) is 0 Å². The molecule has 0 fully saturated rings. The number of nitrogens with zero attached hydrogens (tertiary/aromatic N) is 1. The van der Waals surface area contributed by atoms with Crippen molar-refractivity contribution < 1.29 is 22.0 Å². The molecule has 0 aliphatic rings. The number of nitrogens with two attached hydrogens (primary N) is 1. The Balaban J connectivity index is 3.40. The van der Waals surface area contributed by atoms with Gasteiger partial charge in [0, 0.05) is 17.7 Å². The Morgan fingerprint density at radius 1 is 1.38 bits per heavy atom. The first kappa shape index (κ1) is 13.1. The molecule has 1 aromatic rings. The van der Waals surface area contributed by atoms with E-state index in [1.807, 2.05) is 0 Å². The van der Waals surface area contributed by atoms with E-state index >= 15 is 0 Å². The zero-order valence-electron chi connectivity index (χ0n) is 7.65. The molecule has 0 spiro atoms. The predicted octanol–water partition coefficient (Wildman–Crippen LogP) is 3.15. The molecule has 1 heterocycles. The lowest BCUT2D eigenvalue weighted by Gasteiger charge is -2.12. The number of alkyl halides is 5. The molecule has 0 aliphatic carbocycles. The van der Waals surface area contributed by atoms with Gasteiger partial charge < -0.3 is 5.73 Å². The van der Waals surface area contributed by atoms with E-state index in [0.29, 0.717) is 0 Å². The highest BCUT2D eigenvalue weighted by Gasteiger charge is 2.34. The SMILES string of the molecule is NCc1c(C(F)F)cc(C(F)(F)F)nc1Cl. The third kappa shape index (κ3) is 2.59. The summed E-state index contributed by atoms with van der Waals surface area (Å²) in [5.74, 6) is 0. The van der Waals surface area contributed by atoms with Crippen LogP contribution in [0, 0.1) is 0 Å². The molecule has 16 heavy (non-hydrogen) atoms. The van der Waals surface area contributed by atoms with Gasteiger partial charge in [-0.15, -0.1) is 0 Å². The van der Waals surface area contributed by atoms with Crippen molar-refractivity contribution in [1.29, 1.82) is 0 Å². The van der Waals surface area contributed by atoms with E-state index in [-0.39, 0.29) is 11.6 Å². The minimum Gasteiger partial charge on any atom is -0.326 e. The van der Waals surface area contributed by atoms with Crippen LogP contribution < -0.4 is 5.73 Å². The van der Waals surface area contributed by atoms with Gasteiger partial charge >= 0.3 is 6.18 Å². The molecule has 1 aromatic heterocycles. The highest BCUT2D eigenvalue weighted by Crippen LogP contribution is 2.34. The fourth-order valence-electron chi connectivity index (χ4n) is 1.10. The van der Waals surface area contributed by atoms with Gasteiger partial charge in [0.1, 0.15) is 10.8 Å². The maximum atomic E-state index is 12.5. The molecule has 90 valence electrons. The third-order valence-corrected chi connectivity index (χ3v) is 2.15. The molecule has 0 saturated heterocycles. The van der Waals surface area contributed by atoms with Crippen LogP contribution in [-0.4, -0.2) is 4.98 Å². The molecule has 0 atom stereocenters. The lowest BCUT2D eigenvalue weighted by molar-refractivity contribution is -0.141. The van der Waals surface area contributed by atoms with Gasteiger partial charge in [0.2, 0.25) is 0 Å². The zero-order chi connectivity index (χ0) is 12.5. The zero-order valence-corrected chi connectivity index (χ0v) is 8.41. The van der Waals surface area contributed by atoms with Gasteiger partial charge in [-0.3, -0.25) is 0 Å². The van der Waals surface area contributed by atoms with Gasteiger partial charge in [-0.25, -0.2) is 13.8 Å². The van der Waals surface area contributed by atoms with Crippen molar-refractivity contribution in [2.75, 3.05) is 0 Å². The second kappa shape index (κ2) is 4.50. The summed E-state index contributed by atoms with van der Waals surface area (Å²) >= 11 is 5.36. The van der Waals surface area contributed by atoms with E-state index in [1.165, 1.54) is 0 Å². The van der Waals surface area contributed by atoms with Gasteiger partial charge in [0.15, 0.2) is 0 Å². The predicted molar refractivity (Wildman–Crippen MR) is 47.1 cm³/mol. The van der Waals surface area contributed by atoms with Crippen LogP contribution in [0.1, 0.15) is 23.2 Å². The van der Waals surface area contributed by atoms with E-state index in [4.69, 9.17) is 17.3 Å². The molecule has 0 radical (unpaired) electrons. The minimum absolute atomic E-state index is 0.263. The van der Waals surface area contributed by atoms with Crippen LogP contribution in [0.15, 0.2) is 6.07 Å². The molecule has 2 N–H and O–H groups in total. The standard InChI is InChI=1S/C8H6ClF5N2/c9-6-4(2-15)3(7(10)11)1-5(16-6)8(12,13)14/h1,7H,2,15H2. The number of rotatable bonds is 2. The summed E-state index contributed by atoms with van der Waals surface area (Å²) in [6.45, 7) is -0.399. The number of pyridine rings is 1. The lowest BCUT2D eigenvalue weighted by Crippen LogP contribution is -2.13. The Kier molecular flexibility index (Phi) is 3.69. The maximum absolute atomic E-state index is 12.5. The van der Waals surface area contributed by atoms with Crippen LogP contribution in [0.4, 0.5) is 22.0 Å². The summed E-state index contributed by atoms with van der Waals surface area (Å²) in [6, 6.07) is 0.263. The summed E-state index contributed by atoms with van der Waals surface area (Å²) < 4.78 is 61.7. The normalized spacial score (nSPS) is 12.2. The first-order valence-electron chi connectivity index (χ1n) is 4.02. The summed E-state index contributed by atoms with van der Waals surface area (Å²) in [4.78, 5) is 2.99. The Morgan fingerprint density at radius 2 is 1.94 bits per heavy atom. The monoisotopic (exact) mass is 260 g/mol. The van der Waals surface area contributed by atoms with Crippen LogP contribution in [0.5, 0.6) is 0 Å². The average Bonchev–Trinajstić information content (AvgIpc) is 2.14. The second-order valence-electron chi connectivity index (χ2n) is 2.87. The summed E-state index contributed by atoms with van der Waals surface area (Å²) in [5.41, 5.74) is 2.54. The molecule has 2 nitrogen and oxygen atoms in total. The van der Waals surface area contributed by atoms with Crippen molar-refractivity contribution >= 4 is 11.6 Å². The first-order chi connectivity index (χ1) is 7.27. The third-order valence-electron chi connectivity index (χ3n) is 1.84. The molecule has 0 aliphatic heterocycles. The molecule has 0 bridgehead atoms. The van der Waals surface area contributed by atoms with Crippen molar-refractivity contribution in [2.45, 2.75) is 19.1 Å². The molecule has 0 amide bonds. The Hall–Kier alpha value is -0.950. The molecule has 8 heteroatoms. The summed E-state index contributed by atoms with van der Waals surface area (Å²) in [6.07, 6.45) is -7.90. The molecular formula is C8H6ClF5N2. The van der Waals surface area contributed by atoms with Crippen molar-refractivity contribution in [1.82, 2.24) is 4.98 Å². The van der Waals surface area contributed by atoms with E-state index in [1.54, 1.807) is 0 Å². The number of hydrogen-bond donors (Lipinski definition) is 1. The molecule has 0 unspecified atom stereocenters. The van der Waals surface area contributed by atoms with Crippen LogP contribution in [0.3, 0.4) is 0 Å². The lowest BCUT2D eigenvalue weighted by atomic mass is 10.1. The van der Waals surface area contributed by atoms with Crippen molar-refractivity contribution in [3.05, 3.63) is 28.0 Å². The smallest absolute Gasteiger partial charge is 0.326 e. The van der Waals surface area contributed by atoms with Gasteiger partial charge in [-0.2, -0.15) is 13.2 Å². The number of hydrogen-bond acceptors (Lipinski definition) is 2. The van der Waals surface area contributed by atoms with Gasteiger partial charge in [-0.05, 0) is 6.07 Å². The quantitative estimate of drug-likeness (QED) is 0.655. The first-order valence-corrected chi connectivity index (χ1v) is 4.40. The Morgan fingerprint density at radius 3 is 2.31 bits per heavy atom. The Labute approximate surface area is 92.2 Å². The summed E-state index contributed by atoms with van der Waals surface area (Å²) in [5, 5.41) is -0.646. The second-order valence-corrected chi connectivity index (χ2v) is 3.23. The van der Waals surface area contributed by atoms with Crippen LogP contribution in [0.2, 0.25) is 5.15 Å². The largest absolute Gasteiger partial charge is 0.433 e. The Bertz CT molecular complexity index is 391. The van der Waals surface area contributed by atoms with Crippen molar-refractivity contribution in [2.24, 2.45) is 5.73 Å². The maximum Gasteiger partial charge on any atom is 0.433 e. The molecule has 1 rings (SSSR count). The van der Waals surface area contributed by atoms with E-state index in [2.05, 4.69) is 4.98 Å². The van der Waals surface area contributed by atoms with E-state index in [0.717, 1.165) is 0 Å².